The van der Waals surface area contributed by atoms with Gasteiger partial charge in [0, 0.05) is 0 Å². The SMILES string of the molecule is CCCC1(CC(C)C)NC(=O)NC1=O. The van der Waals surface area contributed by atoms with Gasteiger partial charge in [-0.3, -0.25) is 10.1 Å². The second kappa shape index (κ2) is 3.98. The van der Waals surface area contributed by atoms with Crippen molar-refractivity contribution in [1.29, 1.82) is 0 Å². The second-order valence-corrected chi connectivity index (χ2v) is 4.34. The van der Waals surface area contributed by atoms with Gasteiger partial charge >= 0.3 is 6.03 Å². The lowest BCUT2D eigenvalue weighted by Crippen LogP contribution is -2.47. The van der Waals surface area contributed by atoms with Gasteiger partial charge in [-0.05, 0) is 18.8 Å². The van der Waals surface area contributed by atoms with E-state index >= 15 is 0 Å². The molecule has 1 aliphatic rings. The molecule has 80 valence electrons. The summed E-state index contributed by atoms with van der Waals surface area (Å²) in [6, 6.07) is -0.357. The van der Waals surface area contributed by atoms with E-state index in [4.69, 9.17) is 0 Å². The van der Waals surface area contributed by atoms with Crippen LogP contribution in [0.1, 0.15) is 40.0 Å². The van der Waals surface area contributed by atoms with Crippen molar-refractivity contribution in [2.45, 2.75) is 45.6 Å². The predicted molar refractivity (Wildman–Crippen MR) is 53.8 cm³/mol. The molecule has 1 rings (SSSR count). The molecule has 2 N–H and O–H groups in total. The first-order valence-corrected chi connectivity index (χ1v) is 5.14. The summed E-state index contributed by atoms with van der Waals surface area (Å²) < 4.78 is 0. The van der Waals surface area contributed by atoms with Gasteiger partial charge in [0.2, 0.25) is 0 Å². The van der Waals surface area contributed by atoms with Crippen LogP contribution in [0.15, 0.2) is 0 Å². The summed E-state index contributed by atoms with van der Waals surface area (Å²) in [7, 11) is 0. The minimum Gasteiger partial charge on any atom is -0.323 e. The third kappa shape index (κ3) is 2.05. The Morgan fingerprint density at radius 3 is 2.36 bits per heavy atom. The summed E-state index contributed by atoms with van der Waals surface area (Å²) in [5.74, 6) is 0.226. The summed E-state index contributed by atoms with van der Waals surface area (Å²) in [5.41, 5.74) is -0.653. The molecule has 1 aliphatic heterocycles. The Kier molecular flexibility index (Phi) is 3.13. The maximum atomic E-state index is 11.6. The van der Waals surface area contributed by atoms with Crippen LogP contribution in [0.5, 0.6) is 0 Å². The molecule has 0 radical (unpaired) electrons. The summed E-state index contributed by atoms with van der Waals surface area (Å²) >= 11 is 0. The fourth-order valence-electron chi connectivity index (χ4n) is 2.07. The molecule has 1 saturated heterocycles. The van der Waals surface area contributed by atoms with E-state index in [1.165, 1.54) is 0 Å². The van der Waals surface area contributed by atoms with Crippen LogP contribution in [-0.2, 0) is 4.79 Å². The monoisotopic (exact) mass is 198 g/mol. The van der Waals surface area contributed by atoms with E-state index in [1.807, 2.05) is 6.92 Å². The molecule has 0 aromatic rings. The Balaban J connectivity index is 2.81. The first-order valence-electron chi connectivity index (χ1n) is 5.14. The Bertz CT molecular complexity index is 251. The average molecular weight is 198 g/mol. The van der Waals surface area contributed by atoms with Crippen LogP contribution < -0.4 is 10.6 Å². The number of hydrogen-bond acceptors (Lipinski definition) is 2. The van der Waals surface area contributed by atoms with Crippen molar-refractivity contribution in [3.05, 3.63) is 0 Å². The van der Waals surface area contributed by atoms with Crippen LogP contribution in [0.4, 0.5) is 4.79 Å². The molecule has 0 aromatic carbocycles. The minimum absolute atomic E-state index is 0.168. The molecule has 0 saturated carbocycles. The number of nitrogens with one attached hydrogen (secondary N) is 2. The van der Waals surface area contributed by atoms with Gasteiger partial charge in [-0.15, -0.1) is 0 Å². The van der Waals surface area contributed by atoms with Gasteiger partial charge < -0.3 is 5.32 Å². The molecule has 4 nitrogen and oxygen atoms in total. The number of carbonyl (C=O) groups excluding carboxylic acids is 2. The van der Waals surface area contributed by atoms with Crippen molar-refractivity contribution in [3.63, 3.8) is 0 Å². The van der Waals surface area contributed by atoms with E-state index in [-0.39, 0.29) is 11.9 Å². The molecule has 0 spiro atoms. The van der Waals surface area contributed by atoms with Crippen LogP contribution >= 0.6 is 0 Å². The van der Waals surface area contributed by atoms with Crippen molar-refractivity contribution in [2.24, 2.45) is 5.92 Å². The third-order valence-corrected chi connectivity index (χ3v) is 2.45. The number of amides is 3. The third-order valence-electron chi connectivity index (χ3n) is 2.45. The summed E-state index contributed by atoms with van der Waals surface area (Å²) in [5, 5.41) is 5.06. The van der Waals surface area contributed by atoms with Gasteiger partial charge in [0.05, 0.1) is 0 Å². The van der Waals surface area contributed by atoms with Gasteiger partial charge in [0.15, 0.2) is 0 Å². The Morgan fingerprint density at radius 1 is 1.36 bits per heavy atom. The van der Waals surface area contributed by atoms with Crippen molar-refractivity contribution in [1.82, 2.24) is 10.6 Å². The minimum atomic E-state index is -0.653. The number of carbonyl (C=O) groups is 2. The normalized spacial score (nSPS) is 26.6. The lowest BCUT2D eigenvalue weighted by Gasteiger charge is -2.27. The number of hydrogen-bond donors (Lipinski definition) is 2. The predicted octanol–water partition coefficient (Wildman–Crippen LogP) is 1.41. The Labute approximate surface area is 84.4 Å². The Morgan fingerprint density at radius 2 is 2.00 bits per heavy atom. The molecule has 14 heavy (non-hydrogen) atoms. The van der Waals surface area contributed by atoms with Crippen LogP contribution in [0.25, 0.3) is 0 Å². The van der Waals surface area contributed by atoms with Gasteiger partial charge in [-0.2, -0.15) is 0 Å². The zero-order valence-electron chi connectivity index (χ0n) is 9.02. The molecular weight excluding hydrogens is 180 g/mol. The highest BCUT2D eigenvalue weighted by Crippen LogP contribution is 2.25. The maximum absolute atomic E-state index is 11.6. The second-order valence-electron chi connectivity index (χ2n) is 4.34. The van der Waals surface area contributed by atoms with E-state index in [2.05, 4.69) is 24.5 Å². The molecule has 1 unspecified atom stereocenters. The van der Waals surface area contributed by atoms with Crippen molar-refractivity contribution in [2.75, 3.05) is 0 Å². The molecule has 0 aliphatic carbocycles. The lowest BCUT2D eigenvalue weighted by molar-refractivity contribution is -0.124. The molecule has 0 aromatic heterocycles. The topological polar surface area (TPSA) is 58.2 Å². The standard InChI is InChI=1S/C10H18N2O2/c1-4-5-10(6-7(2)3)8(13)11-9(14)12-10/h7H,4-6H2,1-3H3,(H2,11,12,13,14). The zero-order chi connectivity index (χ0) is 10.8. The van der Waals surface area contributed by atoms with Crippen molar-refractivity contribution >= 4 is 11.9 Å². The maximum Gasteiger partial charge on any atom is 0.322 e. The van der Waals surface area contributed by atoms with Gasteiger partial charge in [-0.1, -0.05) is 27.2 Å². The van der Waals surface area contributed by atoms with Crippen molar-refractivity contribution in [3.8, 4) is 0 Å². The lowest BCUT2D eigenvalue weighted by atomic mass is 9.85. The highest BCUT2D eigenvalue weighted by atomic mass is 16.2. The fourth-order valence-corrected chi connectivity index (χ4v) is 2.07. The van der Waals surface area contributed by atoms with E-state index in [1.54, 1.807) is 0 Å². The number of imide groups is 1. The molecule has 1 fully saturated rings. The van der Waals surface area contributed by atoms with E-state index < -0.39 is 5.54 Å². The average Bonchev–Trinajstić information content (AvgIpc) is 2.25. The van der Waals surface area contributed by atoms with E-state index in [9.17, 15) is 9.59 Å². The van der Waals surface area contributed by atoms with Gasteiger partial charge in [0.25, 0.3) is 5.91 Å². The van der Waals surface area contributed by atoms with Gasteiger partial charge in [-0.25, -0.2) is 4.79 Å². The first kappa shape index (κ1) is 11.0. The number of urea groups is 1. The molecule has 1 atom stereocenters. The molecule has 3 amide bonds. The molecule has 1 heterocycles. The highest BCUT2D eigenvalue weighted by molar-refractivity contribution is 6.06. The fraction of sp³-hybridized carbons (Fsp3) is 0.800. The largest absolute Gasteiger partial charge is 0.323 e. The smallest absolute Gasteiger partial charge is 0.322 e. The molecular formula is C10H18N2O2. The van der Waals surface area contributed by atoms with Crippen LogP contribution in [0.3, 0.4) is 0 Å². The highest BCUT2D eigenvalue weighted by Gasteiger charge is 2.45. The summed E-state index contributed by atoms with van der Waals surface area (Å²) in [6.07, 6.45) is 2.31. The van der Waals surface area contributed by atoms with Crippen LogP contribution in [-0.4, -0.2) is 17.5 Å². The van der Waals surface area contributed by atoms with Crippen molar-refractivity contribution < 1.29 is 9.59 Å². The Hall–Kier alpha value is -1.06. The van der Waals surface area contributed by atoms with Crippen LogP contribution in [0.2, 0.25) is 0 Å². The van der Waals surface area contributed by atoms with E-state index in [0.29, 0.717) is 18.8 Å². The quantitative estimate of drug-likeness (QED) is 0.671. The number of rotatable bonds is 4. The van der Waals surface area contributed by atoms with Gasteiger partial charge in [0.1, 0.15) is 5.54 Å². The molecule has 4 heteroatoms. The first-order chi connectivity index (χ1) is 6.50. The zero-order valence-corrected chi connectivity index (χ0v) is 9.02. The molecule has 0 bridgehead atoms. The summed E-state index contributed by atoms with van der Waals surface area (Å²) in [4.78, 5) is 22.7. The van der Waals surface area contributed by atoms with Crippen LogP contribution in [0, 0.1) is 5.92 Å². The van der Waals surface area contributed by atoms with E-state index in [0.717, 1.165) is 6.42 Å². The summed E-state index contributed by atoms with van der Waals surface area (Å²) in [6.45, 7) is 6.12.